The van der Waals surface area contributed by atoms with Gasteiger partial charge in [0.05, 0.1) is 4.90 Å². The Balaban J connectivity index is 2.82. The van der Waals surface area contributed by atoms with Crippen LogP contribution < -0.4 is 0 Å². The van der Waals surface area contributed by atoms with Crippen LogP contribution >= 0.6 is 0 Å². The first-order valence-corrected chi connectivity index (χ1v) is 4.17. The molecule has 0 aliphatic carbocycles. The predicted octanol–water partition coefficient (Wildman–Crippen LogP) is 0.461. The highest BCUT2D eigenvalue weighted by Gasteiger charge is 2.05. The molecule has 0 radical (unpaired) electrons. The van der Waals surface area contributed by atoms with E-state index < -0.39 is 11.1 Å². The number of hydrogen-bond acceptors (Lipinski definition) is 5. The largest absolute Gasteiger partial charge is 0.768 e. The lowest BCUT2D eigenvalue weighted by Gasteiger charge is -2.02. The van der Waals surface area contributed by atoms with Crippen molar-refractivity contribution in [1.29, 1.82) is 0 Å². The molecule has 0 aliphatic rings. The van der Waals surface area contributed by atoms with Crippen molar-refractivity contribution < 1.29 is 13.3 Å². The fourth-order valence-corrected chi connectivity index (χ4v) is 1.40. The third kappa shape index (κ3) is 1.01. The number of aromatic nitrogens is 2. The van der Waals surface area contributed by atoms with E-state index in [4.69, 9.17) is 0 Å². The summed E-state index contributed by atoms with van der Waals surface area (Å²) in [5, 5.41) is 6.78. The average Bonchev–Trinajstić information content (AvgIpc) is 2.49. The van der Waals surface area contributed by atoms with Gasteiger partial charge in [-0.15, -0.1) is 5.10 Å². The third-order valence-corrected chi connectivity index (χ3v) is 2.11. The van der Waals surface area contributed by atoms with Gasteiger partial charge in [-0.3, -0.25) is 4.21 Å². The maximum absolute atomic E-state index is 10.6. The maximum atomic E-state index is 10.6. The first kappa shape index (κ1) is 7.38. The van der Waals surface area contributed by atoms with Crippen LogP contribution in [-0.2, 0) is 11.1 Å². The van der Waals surface area contributed by atoms with Crippen molar-refractivity contribution in [1.82, 2.24) is 10.4 Å². The number of benzene rings is 1. The fourth-order valence-electron chi connectivity index (χ4n) is 0.914. The van der Waals surface area contributed by atoms with Gasteiger partial charge in [0, 0.05) is 5.27 Å². The van der Waals surface area contributed by atoms with Crippen LogP contribution in [0.2, 0.25) is 0 Å². The van der Waals surface area contributed by atoms with Gasteiger partial charge in [0.1, 0.15) is 5.52 Å². The molecule has 0 saturated heterocycles. The van der Waals surface area contributed by atoms with Crippen LogP contribution in [0.3, 0.4) is 0 Å². The molecule has 0 saturated carbocycles. The molecule has 5 nitrogen and oxygen atoms in total. The minimum atomic E-state index is -2.29. The zero-order valence-electron chi connectivity index (χ0n) is 5.76. The van der Waals surface area contributed by atoms with E-state index in [-0.39, 0.29) is 10.4 Å². The monoisotopic (exact) mass is 183 g/mol. The highest BCUT2D eigenvalue weighted by Crippen LogP contribution is 2.17. The summed E-state index contributed by atoms with van der Waals surface area (Å²) in [6, 6.07) is 4.61. The summed E-state index contributed by atoms with van der Waals surface area (Å²) in [7, 11) is 0. The Morgan fingerprint density at radius 3 is 3.08 bits per heavy atom. The van der Waals surface area contributed by atoms with E-state index in [1.54, 1.807) is 12.1 Å². The second kappa shape index (κ2) is 2.65. The Morgan fingerprint density at radius 1 is 1.50 bits per heavy atom. The molecule has 1 aromatic carbocycles. The molecule has 0 amide bonds. The minimum Gasteiger partial charge on any atom is -0.768 e. The summed E-state index contributed by atoms with van der Waals surface area (Å²) in [5.74, 6) is 0. The third-order valence-electron chi connectivity index (χ3n) is 1.42. The standard InChI is InChI=1S/C6H4N2O3S/c9-12(10)5-3-1-2-4-6(5)7-8-11-4/h1-3H,(H,9,10)/p-1. The molecule has 2 aromatic rings. The van der Waals surface area contributed by atoms with Gasteiger partial charge in [-0.25, -0.2) is 0 Å². The minimum absolute atomic E-state index is 0.105. The highest BCUT2D eigenvalue weighted by molar-refractivity contribution is 7.79. The lowest BCUT2D eigenvalue weighted by atomic mass is 10.3. The van der Waals surface area contributed by atoms with E-state index in [0.717, 1.165) is 0 Å². The van der Waals surface area contributed by atoms with E-state index >= 15 is 0 Å². The first-order chi connectivity index (χ1) is 5.79. The van der Waals surface area contributed by atoms with Crippen molar-refractivity contribution in [3.63, 3.8) is 0 Å². The molecule has 0 spiro atoms. The molecule has 0 bridgehead atoms. The Morgan fingerprint density at radius 2 is 2.33 bits per heavy atom. The number of hydrogen-bond donors (Lipinski definition) is 0. The van der Waals surface area contributed by atoms with E-state index in [0.29, 0.717) is 5.58 Å². The smallest absolute Gasteiger partial charge is 0.188 e. The van der Waals surface area contributed by atoms with Gasteiger partial charge in [0.15, 0.2) is 5.58 Å². The second-order valence-corrected chi connectivity index (χ2v) is 3.02. The van der Waals surface area contributed by atoms with Crippen molar-refractivity contribution in [2.75, 3.05) is 0 Å². The van der Waals surface area contributed by atoms with Crippen LogP contribution in [0.1, 0.15) is 0 Å². The summed E-state index contributed by atoms with van der Waals surface area (Å²) in [6.45, 7) is 0. The lowest BCUT2D eigenvalue weighted by molar-refractivity contribution is 0.424. The fraction of sp³-hybridized carbons (Fsp3) is 0. The van der Waals surface area contributed by atoms with E-state index in [1.807, 2.05) is 0 Å². The Hall–Kier alpha value is -1.27. The van der Waals surface area contributed by atoms with Gasteiger partial charge in [0.2, 0.25) is 0 Å². The highest BCUT2D eigenvalue weighted by atomic mass is 32.2. The van der Waals surface area contributed by atoms with Crippen molar-refractivity contribution >= 4 is 22.2 Å². The molecule has 0 aliphatic heterocycles. The maximum Gasteiger partial charge on any atom is 0.188 e. The molecule has 0 fully saturated rings. The second-order valence-electron chi connectivity index (χ2n) is 2.11. The topological polar surface area (TPSA) is 79.0 Å². The number of rotatable bonds is 1. The van der Waals surface area contributed by atoms with Crippen LogP contribution in [0.25, 0.3) is 11.1 Å². The Labute approximate surface area is 69.6 Å². The molecule has 2 rings (SSSR count). The molecule has 12 heavy (non-hydrogen) atoms. The van der Waals surface area contributed by atoms with Crippen LogP contribution in [-0.4, -0.2) is 19.1 Å². The molecule has 62 valence electrons. The summed E-state index contributed by atoms with van der Waals surface area (Å²) >= 11 is -2.29. The Bertz CT molecular complexity index is 439. The quantitative estimate of drug-likeness (QED) is 0.600. The molecular formula is C6H3N2O3S-. The van der Waals surface area contributed by atoms with Gasteiger partial charge in [-0.05, 0) is 23.2 Å². The van der Waals surface area contributed by atoms with Crippen molar-refractivity contribution in [2.24, 2.45) is 0 Å². The molecule has 1 unspecified atom stereocenters. The van der Waals surface area contributed by atoms with Crippen LogP contribution in [0.15, 0.2) is 27.6 Å². The predicted molar refractivity (Wildman–Crippen MR) is 39.0 cm³/mol. The van der Waals surface area contributed by atoms with Crippen molar-refractivity contribution in [3.05, 3.63) is 18.2 Å². The molecule has 1 heterocycles. The average molecular weight is 183 g/mol. The van der Waals surface area contributed by atoms with E-state index in [9.17, 15) is 8.76 Å². The number of nitrogens with zero attached hydrogens (tertiary/aromatic N) is 2. The van der Waals surface area contributed by atoms with E-state index in [1.165, 1.54) is 6.07 Å². The molecule has 1 aromatic heterocycles. The molecule has 1 atom stereocenters. The zero-order chi connectivity index (χ0) is 8.55. The van der Waals surface area contributed by atoms with Crippen LogP contribution in [0.5, 0.6) is 0 Å². The SMILES string of the molecule is O=S([O-])c1cccc2onnc12. The summed E-state index contributed by atoms with van der Waals surface area (Å²) in [5.41, 5.74) is 0.641. The van der Waals surface area contributed by atoms with Crippen LogP contribution in [0.4, 0.5) is 0 Å². The van der Waals surface area contributed by atoms with Gasteiger partial charge < -0.3 is 9.08 Å². The van der Waals surface area contributed by atoms with Gasteiger partial charge in [-0.2, -0.15) is 0 Å². The van der Waals surface area contributed by atoms with Gasteiger partial charge in [0.25, 0.3) is 0 Å². The first-order valence-electron chi connectivity index (χ1n) is 3.09. The van der Waals surface area contributed by atoms with E-state index in [2.05, 4.69) is 14.9 Å². The molecular weight excluding hydrogens is 180 g/mol. The van der Waals surface area contributed by atoms with Crippen LogP contribution in [0, 0.1) is 0 Å². The number of fused-ring (bicyclic) bond motifs is 1. The summed E-state index contributed by atoms with van der Waals surface area (Å²) in [6.07, 6.45) is 0. The van der Waals surface area contributed by atoms with Crippen molar-refractivity contribution in [2.45, 2.75) is 4.90 Å². The lowest BCUT2D eigenvalue weighted by Crippen LogP contribution is -1.89. The summed E-state index contributed by atoms with van der Waals surface area (Å²) in [4.78, 5) is 0.105. The van der Waals surface area contributed by atoms with Crippen molar-refractivity contribution in [3.8, 4) is 0 Å². The summed E-state index contributed by atoms with van der Waals surface area (Å²) < 4.78 is 25.9. The normalized spacial score (nSPS) is 13.4. The molecule has 0 N–H and O–H groups in total. The van der Waals surface area contributed by atoms with Gasteiger partial charge in [-0.1, -0.05) is 6.07 Å². The van der Waals surface area contributed by atoms with Gasteiger partial charge >= 0.3 is 0 Å². The zero-order valence-corrected chi connectivity index (χ0v) is 6.58. The molecule has 6 heteroatoms. The Kier molecular flexibility index (Phi) is 1.63.